The van der Waals surface area contributed by atoms with Crippen molar-refractivity contribution in [2.75, 3.05) is 7.11 Å². The van der Waals surface area contributed by atoms with Crippen LogP contribution in [0.3, 0.4) is 0 Å². The molecule has 98 valence electrons. The lowest BCUT2D eigenvalue weighted by atomic mass is 9.92. The van der Waals surface area contributed by atoms with Crippen LogP contribution in [0.4, 0.5) is 0 Å². The zero-order valence-corrected chi connectivity index (χ0v) is 11.5. The van der Waals surface area contributed by atoms with Crippen LogP contribution in [0.1, 0.15) is 34.3 Å². The molecule has 0 spiro atoms. The summed E-state index contributed by atoms with van der Waals surface area (Å²) in [5, 5.41) is 0. The van der Waals surface area contributed by atoms with Crippen molar-refractivity contribution in [2.45, 2.75) is 19.8 Å². The minimum Gasteiger partial charge on any atom is -0.496 e. The minimum absolute atomic E-state index is 0.131. The maximum absolute atomic E-state index is 12.5. The SMILES string of the molecule is COc1ccc(C(=O)C(C)c2ccccc2)cc1C. The largest absolute Gasteiger partial charge is 0.496 e. The van der Waals surface area contributed by atoms with Crippen molar-refractivity contribution in [3.8, 4) is 5.75 Å². The molecule has 19 heavy (non-hydrogen) atoms. The first kappa shape index (κ1) is 13.3. The van der Waals surface area contributed by atoms with Crippen LogP contribution in [-0.2, 0) is 0 Å². The Labute approximate surface area is 114 Å². The van der Waals surface area contributed by atoms with Gasteiger partial charge in [-0.25, -0.2) is 0 Å². The van der Waals surface area contributed by atoms with Gasteiger partial charge in [-0.2, -0.15) is 0 Å². The van der Waals surface area contributed by atoms with Crippen LogP contribution in [0, 0.1) is 6.92 Å². The molecule has 0 bridgehead atoms. The smallest absolute Gasteiger partial charge is 0.170 e. The molecule has 2 nitrogen and oxygen atoms in total. The van der Waals surface area contributed by atoms with Gasteiger partial charge in [0.05, 0.1) is 7.11 Å². The Hall–Kier alpha value is -2.09. The van der Waals surface area contributed by atoms with Crippen LogP contribution < -0.4 is 4.74 Å². The molecule has 0 aliphatic carbocycles. The zero-order chi connectivity index (χ0) is 13.8. The van der Waals surface area contributed by atoms with Crippen molar-refractivity contribution in [1.82, 2.24) is 0 Å². The molecule has 0 aliphatic rings. The number of ether oxygens (including phenoxy) is 1. The molecule has 2 heteroatoms. The zero-order valence-electron chi connectivity index (χ0n) is 11.5. The molecule has 0 radical (unpaired) electrons. The summed E-state index contributed by atoms with van der Waals surface area (Å²) >= 11 is 0. The lowest BCUT2D eigenvalue weighted by Crippen LogP contribution is -2.09. The van der Waals surface area contributed by atoms with Gasteiger partial charge in [0.2, 0.25) is 0 Å². The molecule has 0 heterocycles. The second-order valence-electron chi connectivity index (χ2n) is 4.68. The van der Waals surface area contributed by atoms with Crippen LogP contribution in [0.2, 0.25) is 0 Å². The number of ketones is 1. The predicted molar refractivity (Wildman–Crippen MR) is 76.9 cm³/mol. The number of rotatable bonds is 4. The topological polar surface area (TPSA) is 26.3 Å². The van der Waals surface area contributed by atoms with E-state index in [0.717, 1.165) is 22.4 Å². The van der Waals surface area contributed by atoms with Gasteiger partial charge in [-0.15, -0.1) is 0 Å². The van der Waals surface area contributed by atoms with E-state index in [0.29, 0.717) is 0 Å². The summed E-state index contributed by atoms with van der Waals surface area (Å²) in [5.41, 5.74) is 2.75. The highest BCUT2D eigenvalue weighted by Crippen LogP contribution is 2.24. The van der Waals surface area contributed by atoms with Crippen LogP contribution >= 0.6 is 0 Å². The second kappa shape index (κ2) is 5.70. The summed E-state index contributed by atoms with van der Waals surface area (Å²) in [7, 11) is 1.64. The third-order valence-corrected chi connectivity index (χ3v) is 3.37. The van der Waals surface area contributed by atoms with E-state index in [-0.39, 0.29) is 11.7 Å². The maximum Gasteiger partial charge on any atom is 0.170 e. The number of aryl methyl sites for hydroxylation is 1. The van der Waals surface area contributed by atoms with Gasteiger partial charge in [0.1, 0.15) is 5.75 Å². The maximum atomic E-state index is 12.5. The Morgan fingerprint density at radius 1 is 1.11 bits per heavy atom. The Morgan fingerprint density at radius 3 is 2.37 bits per heavy atom. The van der Waals surface area contributed by atoms with E-state index in [2.05, 4.69) is 0 Å². The molecule has 0 fully saturated rings. The van der Waals surface area contributed by atoms with Crippen LogP contribution in [0.15, 0.2) is 48.5 Å². The highest BCUT2D eigenvalue weighted by molar-refractivity contribution is 6.01. The first-order valence-electron chi connectivity index (χ1n) is 6.37. The molecular formula is C17H18O2. The number of benzene rings is 2. The molecule has 0 aromatic heterocycles. The fraction of sp³-hybridized carbons (Fsp3) is 0.235. The summed E-state index contributed by atoms with van der Waals surface area (Å²) in [5.74, 6) is 0.815. The van der Waals surface area contributed by atoms with Crippen molar-refractivity contribution in [3.05, 3.63) is 65.2 Å². The quantitative estimate of drug-likeness (QED) is 0.771. The van der Waals surface area contributed by atoms with Gasteiger partial charge in [-0.05, 0) is 36.2 Å². The van der Waals surface area contributed by atoms with Gasteiger partial charge in [-0.1, -0.05) is 37.3 Å². The molecule has 0 saturated heterocycles. The summed E-state index contributed by atoms with van der Waals surface area (Å²) in [6.45, 7) is 3.89. The predicted octanol–water partition coefficient (Wildman–Crippen LogP) is 3.99. The normalized spacial score (nSPS) is 11.9. The van der Waals surface area contributed by atoms with E-state index in [1.807, 2.05) is 62.4 Å². The minimum atomic E-state index is -0.131. The van der Waals surface area contributed by atoms with Crippen LogP contribution in [0.5, 0.6) is 5.75 Å². The third kappa shape index (κ3) is 2.84. The highest BCUT2D eigenvalue weighted by atomic mass is 16.5. The summed E-state index contributed by atoms with van der Waals surface area (Å²) in [6, 6.07) is 15.4. The van der Waals surface area contributed by atoms with Crippen LogP contribution in [0.25, 0.3) is 0 Å². The molecular weight excluding hydrogens is 236 g/mol. The standard InChI is InChI=1S/C17H18O2/c1-12-11-15(9-10-16(12)19-3)17(18)13(2)14-7-5-4-6-8-14/h4-11,13H,1-3H3. The Morgan fingerprint density at radius 2 is 1.79 bits per heavy atom. The second-order valence-corrected chi connectivity index (χ2v) is 4.68. The number of Topliss-reactive ketones (excluding diaryl/α,β-unsaturated/α-hetero) is 1. The number of methoxy groups -OCH3 is 1. The van der Waals surface area contributed by atoms with Crippen molar-refractivity contribution in [1.29, 1.82) is 0 Å². The number of carbonyl (C=O) groups is 1. The first-order valence-corrected chi connectivity index (χ1v) is 6.37. The van der Waals surface area contributed by atoms with Gasteiger partial charge >= 0.3 is 0 Å². The van der Waals surface area contributed by atoms with E-state index >= 15 is 0 Å². The molecule has 0 aliphatic heterocycles. The molecule has 0 N–H and O–H groups in total. The van der Waals surface area contributed by atoms with E-state index in [1.165, 1.54) is 0 Å². The fourth-order valence-electron chi connectivity index (χ4n) is 2.17. The van der Waals surface area contributed by atoms with Crippen molar-refractivity contribution < 1.29 is 9.53 Å². The van der Waals surface area contributed by atoms with Gasteiger partial charge in [0.15, 0.2) is 5.78 Å². The van der Waals surface area contributed by atoms with Gasteiger partial charge in [-0.3, -0.25) is 4.79 Å². The summed E-state index contributed by atoms with van der Waals surface area (Å²) in [6.07, 6.45) is 0. The number of carbonyl (C=O) groups excluding carboxylic acids is 1. The lowest BCUT2D eigenvalue weighted by Gasteiger charge is -2.12. The Kier molecular flexibility index (Phi) is 4.00. The van der Waals surface area contributed by atoms with E-state index in [1.54, 1.807) is 7.11 Å². The monoisotopic (exact) mass is 254 g/mol. The van der Waals surface area contributed by atoms with Crippen molar-refractivity contribution in [3.63, 3.8) is 0 Å². The molecule has 1 unspecified atom stereocenters. The molecule has 1 atom stereocenters. The highest BCUT2D eigenvalue weighted by Gasteiger charge is 2.17. The molecule has 0 amide bonds. The summed E-state index contributed by atoms with van der Waals surface area (Å²) in [4.78, 5) is 12.5. The average Bonchev–Trinajstić information content (AvgIpc) is 2.46. The van der Waals surface area contributed by atoms with E-state index in [4.69, 9.17) is 4.74 Å². The number of hydrogen-bond acceptors (Lipinski definition) is 2. The Bertz CT molecular complexity index is 573. The van der Waals surface area contributed by atoms with E-state index < -0.39 is 0 Å². The van der Waals surface area contributed by atoms with Crippen LogP contribution in [-0.4, -0.2) is 12.9 Å². The van der Waals surface area contributed by atoms with Crippen molar-refractivity contribution >= 4 is 5.78 Å². The van der Waals surface area contributed by atoms with Gasteiger partial charge in [0.25, 0.3) is 0 Å². The molecule has 0 saturated carbocycles. The average molecular weight is 254 g/mol. The van der Waals surface area contributed by atoms with E-state index in [9.17, 15) is 4.79 Å². The third-order valence-electron chi connectivity index (χ3n) is 3.37. The molecule has 2 aromatic carbocycles. The van der Waals surface area contributed by atoms with Gasteiger partial charge < -0.3 is 4.74 Å². The van der Waals surface area contributed by atoms with Crippen molar-refractivity contribution in [2.24, 2.45) is 0 Å². The lowest BCUT2D eigenvalue weighted by molar-refractivity contribution is 0.0966. The molecule has 2 rings (SSSR count). The number of hydrogen-bond donors (Lipinski definition) is 0. The summed E-state index contributed by atoms with van der Waals surface area (Å²) < 4.78 is 5.21. The van der Waals surface area contributed by atoms with Gasteiger partial charge in [0, 0.05) is 11.5 Å². The fourth-order valence-corrected chi connectivity index (χ4v) is 2.17. The molecule has 2 aromatic rings. The first-order chi connectivity index (χ1) is 9.13. The Balaban J connectivity index is 2.27.